The topological polar surface area (TPSA) is 71.0 Å². The third kappa shape index (κ3) is 2.46. The van der Waals surface area contributed by atoms with Gasteiger partial charge in [-0.25, -0.2) is 0 Å². The summed E-state index contributed by atoms with van der Waals surface area (Å²) in [6.07, 6.45) is 6.04. The minimum absolute atomic E-state index is 0.0529. The normalized spacial score (nSPS) is 18.8. The molecule has 1 aliphatic heterocycles. The molecule has 0 saturated carbocycles. The Hall–Kier alpha value is -2.11. The second-order valence-electron chi connectivity index (χ2n) is 7.06. The van der Waals surface area contributed by atoms with Gasteiger partial charge in [-0.15, -0.1) is 0 Å². The number of hydrogen-bond acceptors (Lipinski definition) is 3. The predicted molar refractivity (Wildman–Crippen MR) is 89.5 cm³/mol. The number of amides is 1. The SMILES string of the molecule is CCC(C)(C)[C@H]1CCCN1C(=O)c1c[nH]c2c(cnn2C)c1=O. The molecule has 0 bridgehead atoms. The van der Waals surface area contributed by atoms with Crippen molar-refractivity contribution >= 4 is 16.9 Å². The zero-order valence-electron chi connectivity index (χ0n) is 14.2. The van der Waals surface area contributed by atoms with Gasteiger partial charge in [-0.2, -0.15) is 5.10 Å². The van der Waals surface area contributed by atoms with Crippen molar-refractivity contribution in [2.75, 3.05) is 6.54 Å². The Balaban J connectivity index is 2.00. The number of likely N-dealkylation sites (tertiary alicyclic amines) is 1. The van der Waals surface area contributed by atoms with Crippen LogP contribution in [0, 0.1) is 5.41 Å². The first-order chi connectivity index (χ1) is 10.9. The summed E-state index contributed by atoms with van der Waals surface area (Å²) >= 11 is 0. The maximum absolute atomic E-state index is 13.0. The highest BCUT2D eigenvalue weighted by atomic mass is 16.2. The number of aryl methyl sites for hydroxylation is 1. The minimum atomic E-state index is -0.239. The fourth-order valence-corrected chi connectivity index (χ4v) is 3.50. The molecule has 2 aromatic heterocycles. The van der Waals surface area contributed by atoms with Crippen LogP contribution in [0.1, 0.15) is 50.4 Å². The van der Waals surface area contributed by atoms with Crippen molar-refractivity contribution < 1.29 is 4.79 Å². The Kier molecular flexibility index (Phi) is 3.78. The number of fused-ring (bicyclic) bond motifs is 1. The Morgan fingerprint density at radius 2 is 2.22 bits per heavy atom. The lowest BCUT2D eigenvalue weighted by Gasteiger charge is -2.37. The van der Waals surface area contributed by atoms with E-state index in [0.717, 1.165) is 25.8 Å². The van der Waals surface area contributed by atoms with E-state index in [1.165, 1.54) is 12.4 Å². The Labute approximate surface area is 135 Å². The lowest BCUT2D eigenvalue weighted by Crippen LogP contribution is -2.45. The van der Waals surface area contributed by atoms with Crippen LogP contribution in [0.3, 0.4) is 0 Å². The summed E-state index contributed by atoms with van der Waals surface area (Å²) in [6, 6.07) is 0.184. The number of carbonyl (C=O) groups is 1. The standard InChI is InChI=1S/C17H24N4O2/c1-5-17(2,3)13-7-6-8-21(13)16(23)12-9-18-15-11(14(12)22)10-19-20(15)4/h9-10,13H,5-8H2,1-4H3,(H,18,22)/t13-/m1/s1. The summed E-state index contributed by atoms with van der Waals surface area (Å²) in [4.78, 5) is 30.5. The van der Waals surface area contributed by atoms with E-state index < -0.39 is 0 Å². The third-order valence-electron chi connectivity index (χ3n) is 5.34. The van der Waals surface area contributed by atoms with Gasteiger partial charge in [0.15, 0.2) is 0 Å². The monoisotopic (exact) mass is 316 g/mol. The van der Waals surface area contributed by atoms with E-state index in [-0.39, 0.29) is 28.4 Å². The van der Waals surface area contributed by atoms with Crippen molar-refractivity contribution in [1.82, 2.24) is 19.7 Å². The van der Waals surface area contributed by atoms with Crippen molar-refractivity contribution in [2.45, 2.75) is 46.1 Å². The van der Waals surface area contributed by atoms with Crippen LogP contribution >= 0.6 is 0 Å². The van der Waals surface area contributed by atoms with Crippen molar-refractivity contribution in [1.29, 1.82) is 0 Å². The molecule has 1 amide bonds. The lowest BCUT2D eigenvalue weighted by atomic mass is 9.80. The molecular formula is C17H24N4O2. The fraction of sp³-hybridized carbons (Fsp3) is 0.588. The molecule has 6 nitrogen and oxygen atoms in total. The van der Waals surface area contributed by atoms with Crippen LogP contribution in [-0.4, -0.2) is 38.2 Å². The second kappa shape index (κ2) is 5.51. The average molecular weight is 316 g/mol. The first-order valence-electron chi connectivity index (χ1n) is 8.21. The summed E-state index contributed by atoms with van der Waals surface area (Å²) in [5.74, 6) is -0.166. The van der Waals surface area contributed by atoms with Gasteiger partial charge in [0.25, 0.3) is 5.91 Å². The van der Waals surface area contributed by atoms with Gasteiger partial charge in [-0.1, -0.05) is 20.8 Å². The molecule has 0 unspecified atom stereocenters. The average Bonchev–Trinajstić information content (AvgIpc) is 3.15. The van der Waals surface area contributed by atoms with Crippen LogP contribution in [0.5, 0.6) is 0 Å². The first-order valence-corrected chi connectivity index (χ1v) is 8.21. The van der Waals surface area contributed by atoms with Gasteiger partial charge >= 0.3 is 0 Å². The van der Waals surface area contributed by atoms with Crippen LogP contribution in [-0.2, 0) is 7.05 Å². The summed E-state index contributed by atoms with van der Waals surface area (Å²) in [6.45, 7) is 7.25. The van der Waals surface area contributed by atoms with Crippen LogP contribution in [0.2, 0.25) is 0 Å². The molecule has 3 heterocycles. The summed E-state index contributed by atoms with van der Waals surface area (Å²) in [5, 5.41) is 4.54. The summed E-state index contributed by atoms with van der Waals surface area (Å²) < 4.78 is 1.60. The molecule has 2 aromatic rings. The van der Waals surface area contributed by atoms with E-state index in [2.05, 4.69) is 30.9 Å². The predicted octanol–water partition coefficient (Wildman–Crippen LogP) is 2.30. The third-order valence-corrected chi connectivity index (χ3v) is 5.34. The van der Waals surface area contributed by atoms with Crippen LogP contribution in [0.25, 0.3) is 11.0 Å². The highest BCUT2D eigenvalue weighted by molar-refractivity contribution is 5.97. The molecular weight excluding hydrogens is 292 g/mol. The highest BCUT2D eigenvalue weighted by Gasteiger charge is 2.39. The van der Waals surface area contributed by atoms with Gasteiger partial charge < -0.3 is 9.88 Å². The van der Waals surface area contributed by atoms with Crippen LogP contribution in [0.15, 0.2) is 17.2 Å². The number of nitrogens with zero attached hydrogens (tertiary/aromatic N) is 3. The molecule has 3 rings (SSSR count). The molecule has 1 saturated heterocycles. The molecule has 1 aliphatic rings. The van der Waals surface area contributed by atoms with Crippen LogP contribution in [0.4, 0.5) is 0 Å². The molecule has 0 aliphatic carbocycles. The molecule has 0 spiro atoms. The van der Waals surface area contributed by atoms with Crippen molar-refractivity contribution in [3.8, 4) is 0 Å². The quantitative estimate of drug-likeness (QED) is 0.944. The second-order valence-corrected chi connectivity index (χ2v) is 7.06. The zero-order valence-corrected chi connectivity index (χ0v) is 14.2. The number of carbonyl (C=O) groups excluding carboxylic acids is 1. The van der Waals surface area contributed by atoms with Gasteiger partial charge in [0.2, 0.25) is 5.43 Å². The van der Waals surface area contributed by atoms with Gasteiger partial charge in [0.1, 0.15) is 11.2 Å². The Morgan fingerprint density at radius 3 is 2.91 bits per heavy atom. The van der Waals surface area contributed by atoms with Crippen molar-refractivity contribution in [3.05, 3.63) is 28.2 Å². The number of aromatic nitrogens is 3. The maximum atomic E-state index is 13.0. The molecule has 1 N–H and O–H groups in total. The molecule has 0 radical (unpaired) electrons. The summed E-state index contributed by atoms with van der Waals surface area (Å²) in [5.41, 5.74) is 0.664. The van der Waals surface area contributed by atoms with Gasteiger partial charge in [0.05, 0.1) is 11.6 Å². The lowest BCUT2D eigenvalue weighted by molar-refractivity contribution is 0.0594. The number of H-pyrrole nitrogens is 1. The van der Waals surface area contributed by atoms with Crippen molar-refractivity contribution in [2.24, 2.45) is 12.5 Å². The zero-order chi connectivity index (χ0) is 16.8. The number of nitrogens with one attached hydrogen (secondary N) is 1. The minimum Gasteiger partial charge on any atom is -0.345 e. The highest BCUT2D eigenvalue weighted by Crippen LogP contribution is 2.36. The molecule has 124 valence electrons. The van der Waals surface area contributed by atoms with E-state index in [1.807, 2.05) is 4.90 Å². The molecule has 1 fully saturated rings. The van der Waals surface area contributed by atoms with Gasteiger partial charge in [-0.3, -0.25) is 14.3 Å². The van der Waals surface area contributed by atoms with Gasteiger partial charge in [0, 0.05) is 25.8 Å². The molecule has 23 heavy (non-hydrogen) atoms. The van der Waals surface area contributed by atoms with Crippen LogP contribution < -0.4 is 5.43 Å². The fourth-order valence-electron chi connectivity index (χ4n) is 3.50. The molecule has 0 aromatic carbocycles. The van der Waals surface area contributed by atoms with E-state index >= 15 is 0 Å². The first kappa shape index (κ1) is 15.8. The summed E-state index contributed by atoms with van der Waals surface area (Å²) in [7, 11) is 1.76. The van der Waals surface area contributed by atoms with E-state index in [9.17, 15) is 9.59 Å². The molecule has 6 heteroatoms. The Morgan fingerprint density at radius 1 is 1.48 bits per heavy atom. The van der Waals surface area contributed by atoms with E-state index in [4.69, 9.17) is 0 Å². The van der Waals surface area contributed by atoms with Gasteiger partial charge in [-0.05, 0) is 24.7 Å². The maximum Gasteiger partial charge on any atom is 0.259 e. The largest absolute Gasteiger partial charge is 0.345 e. The van der Waals surface area contributed by atoms with Crippen molar-refractivity contribution in [3.63, 3.8) is 0 Å². The number of pyridine rings is 1. The van der Waals surface area contributed by atoms with E-state index in [0.29, 0.717) is 11.0 Å². The smallest absolute Gasteiger partial charge is 0.259 e. The number of aromatic amines is 1. The molecule has 1 atom stereocenters. The Bertz CT molecular complexity index is 803. The number of rotatable bonds is 3. The van der Waals surface area contributed by atoms with E-state index in [1.54, 1.807) is 11.7 Å². The number of hydrogen-bond donors (Lipinski definition) is 1.